The molecule has 2 aromatic heterocycles. The van der Waals surface area contributed by atoms with Gasteiger partial charge in [-0.15, -0.1) is 0 Å². The SMILES string of the molecule is Cc1[nH]ncc1CCCNC(=O)Cn1cccnc1=O. The summed E-state index contributed by atoms with van der Waals surface area (Å²) >= 11 is 0. The fourth-order valence-corrected chi connectivity index (χ4v) is 1.85. The first-order valence-corrected chi connectivity index (χ1v) is 6.44. The summed E-state index contributed by atoms with van der Waals surface area (Å²) in [5, 5.41) is 9.60. The first-order chi connectivity index (χ1) is 9.66. The molecule has 0 fully saturated rings. The number of nitrogens with one attached hydrogen (secondary N) is 2. The maximum atomic E-state index is 11.7. The van der Waals surface area contributed by atoms with Crippen LogP contribution < -0.4 is 11.0 Å². The van der Waals surface area contributed by atoms with Crippen molar-refractivity contribution < 1.29 is 4.79 Å². The lowest BCUT2D eigenvalue weighted by Crippen LogP contribution is -2.33. The molecule has 7 nitrogen and oxygen atoms in total. The molecule has 0 atom stereocenters. The third kappa shape index (κ3) is 3.78. The first-order valence-electron chi connectivity index (χ1n) is 6.44. The summed E-state index contributed by atoms with van der Waals surface area (Å²) < 4.78 is 1.27. The molecule has 0 aliphatic rings. The van der Waals surface area contributed by atoms with Crippen molar-refractivity contribution in [1.82, 2.24) is 25.1 Å². The maximum Gasteiger partial charge on any atom is 0.347 e. The van der Waals surface area contributed by atoms with Crippen molar-refractivity contribution in [1.29, 1.82) is 0 Å². The minimum Gasteiger partial charge on any atom is -0.355 e. The zero-order valence-corrected chi connectivity index (χ0v) is 11.3. The van der Waals surface area contributed by atoms with Crippen molar-refractivity contribution in [3.05, 3.63) is 46.4 Å². The summed E-state index contributed by atoms with van der Waals surface area (Å²) in [6, 6.07) is 1.62. The molecule has 2 N–H and O–H groups in total. The fourth-order valence-electron chi connectivity index (χ4n) is 1.85. The van der Waals surface area contributed by atoms with Crippen LogP contribution in [0.15, 0.2) is 29.5 Å². The van der Waals surface area contributed by atoms with Gasteiger partial charge in [-0.1, -0.05) is 0 Å². The maximum absolute atomic E-state index is 11.7. The molecule has 1 amide bonds. The lowest BCUT2D eigenvalue weighted by molar-refractivity contribution is -0.121. The van der Waals surface area contributed by atoms with E-state index < -0.39 is 5.69 Å². The standard InChI is InChI=1S/C13H17N5O2/c1-10-11(8-16-17-10)4-2-5-14-12(19)9-18-7-3-6-15-13(18)20/h3,6-8H,2,4-5,9H2,1H3,(H,14,19)(H,16,17). The molecule has 0 unspecified atom stereocenters. The Morgan fingerprint density at radius 1 is 1.50 bits per heavy atom. The van der Waals surface area contributed by atoms with Gasteiger partial charge in [-0.25, -0.2) is 9.78 Å². The Balaban J connectivity index is 1.72. The molecule has 2 rings (SSSR count). The molecule has 2 aromatic rings. The van der Waals surface area contributed by atoms with E-state index in [1.54, 1.807) is 18.5 Å². The van der Waals surface area contributed by atoms with Crippen molar-refractivity contribution in [2.75, 3.05) is 6.54 Å². The molecule has 0 aliphatic heterocycles. The minimum absolute atomic E-state index is 0.00257. The topological polar surface area (TPSA) is 92.7 Å². The third-order valence-electron chi connectivity index (χ3n) is 2.98. The summed E-state index contributed by atoms with van der Waals surface area (Å²) in [4.78, 5) is 26.6. The number of amides is 1. The predicted molar refractivity (Wildman–Crippen MR) is 73.2 cm³/mol. The highest BCUT2D eigenvalue weighted by Crippen LogP contribution is 2.04. The summed E-state index contributed by atoms with van der Waals surface area (Å²) in [7, 11) is 0. The summed E-state index contributed by atoms with van der Waals surface area (Å²) in [6.07, 6.45) is 6.43. The van der Waals surface area contributed by atoms with Gasteiger partial charge in [-0.2, -0.15) is 5.10 Å². The fraction of sp³-hybridized carbons (Fsp3) is 0.385. The van der Waals surface area contributed by atoms with Gasteiger partial charge in [0.25, 0.3) is 0 Å². The van der Waals surface area contributed by atoms with Crippen molar-refractivity contribution in [3.63, 3.8) is 0 Å². The number of H-pyrrole nitrogens is 1. The van der Waals surface area contributed by atoms with E-state index in [9.17, 15) is 9.59 Å². The van der Waals surface area contributed by atoms with Crippen LogP contribution in [-0.2, 0) is 17.8 Å². The van der Waals surface area contributed by atoms with E-state index in [4.69, 9.17) is 0 Å². The Morgan fingerprint density at radius 3 is 3.05 bits per heavy atom. The largest absolute Gasteiger partial charge is 0.355 e. The molecule has 20 heavy (non-hydrogen) atoms. The number of aromatic amines is 1. The zero-order chi connectivity index (χ0) is 14.4. The lowest BCUT2D eigenvalue weighted by Gasteiger charge is -2.06. The number of carbonyl (C=O) groups is 1. The van der Waals surface area contributed by atoms with E-state index in [1.807, 2.05) is 6.92 Å². The highest BCUT2D eigenvalue weighted by atomic mass is 16.2. The van der Waals surface area contributed by atoms with Gasteiger partial charge in [0.15, 0.2) is 0 Å². The van der Waals surface area contributed by atoms with E-state index in [1.165, 1.54) is 10.8 Å². The van der Waals surface area contributed by atoms with Gasteiger partial charge in [-0.3, -0.25) is 14.5 Å². The number of nitrogens with zero attached hydrogens (tertiary/aromatic N) is 3. The second-order valence-electron chi connectivity index (χ2n) is 4.50. The Bertz CT molecular complexity index is 631. The summed E-state index contributed by atoms with van der Waals surface area (Å²) in [6.45, 7) is 2.53. The number of aromatic nitrogens is 4. The van der Waals surface area contributed by atoms with Crippen molar-refractivity contribution in [2.24, 2.45) is 0 Å². The molecular weight excluding hydrogens is 258 g/mol. The molecular formula is C13H17N5O2. The molecule has 7 heteroatoms. The van der Waals surface area contributed by atoms with Crippen LogP contribution in [0.25, 0.3) is 0 Å². The van der Waals surface area contributed by atoms with Crippen molar-refractivity contribution in [3.8, 4) is 0 Å². The Labute approximate surface area is 116 Å². The van der Waals surface area contributed by atoms with E-state index >= 15 is 0 Å². The number of aryl methyl sites for hydroxylation is 2. The zero-order valence-electron chi connectivity index (χ0n) is 11.3. The van der Waals surface area contributed by atoms with Crippen LogP contribution >= 0.6 is 0 Å². The van der Waals surface area contributed by atoms with E-state index in [0.29, 0.717) is 6.54 Å². The average Bonchev–Trinajstić information content (AvgIpc) is 2.83. The number of carbonyl (C=O) groups excluding carboxylic acids is 1. The molecule has 0 spiro atoms. The van der Waals surface area contributed by atoms with Gasteiger partial charge >= 0.3 is 5.69 Å². The monoisotopic (exact) mass is 275 g/mol. The van der Waals surface area contributed by atoms with Gasteiger partial charge < -0.3 is 5.32 Å². The molecule has 0 bridgehead atoms. The molecule has 0 saturated carbocycles. The second kappa shape index (κ2) is 6.65. The third-order valence-corrected chi connectivity index (χ3v) is 2.98. The van der Waals surface area contributed by atoms with Crippen LogP contribution in [0.3, 0.4) is 0 Å². The number of hydrogen-bond donors (Lipinski definition) is 2. The van der Waals surface area contributed by atoms with Crippen molar-refractivity contribution >= 4 is 5.91 Å². The van der Waals surface area contributed by atoms with E-state index in [-0.39, 0.29) is 12.5 Å². The highest BCUT2D eigenvalue weighted by Gasteiger charge is 2.04. The van der Waals surface area contributed by atoms with Gasteiger partial charge in [0.1, 0.15) is 6.54 Å². The van der Waals surface area contributed by atoms with Crippen LogP contribution in [0.4, 0.5) is 0 Å². The van der Waals surface area contributed by atoms with E-state index in [2.05, 4.69) is 20.5 Å². The Kier molecular flexibility index (Phi) is 4.65. The van der Waals surface area contributed by atoms with Gasteiger partial charge in [0, 0.05) is 24.6 Å². The van der Waals surface area contributed by atoms with Gasteiger partial charge in [0.2, 0.25) is 5.91 Å². The molecule has 106 valence electrons. The van der Waals surface area contributed by atoms with Crippen LogP contribution in [0, 0.1) is 6.92 Å². The molecule has 0 radical (unpaired) electrons. The lowest BCUT2D eigenvalue weighted by atomic mass is 10.1. The van der Waals surface area contributed by atoms with Crippen LogP contribution in [0.1, 0.15) is 17.7 Å². The summed E-state index contributed by atoms with van der Waals surface area (Å²) in [5.74, 6) is -0.191. The molecule has 0 aliphatic carbocycles. The molecule has 0 saturated heterocycles. The quantitative estimate of drug-likeness (QED) is 0.727. The number of rotatable bonds is 6. The number of hydrogen-bond acceptors (Lipinski definition) is 4. The first kappa shape index (κ1) is 14.0. The predicted octanol–water partition coefficient (Wildman–Crippen LogP) is 0.0238. The second-order valence-corrected chi connectivity index (χ2v) is 4.50. The van der Waals surface area contributed by atoms with Crippen LogP contribution in [0.5, 0.6) is 0 Å². The van der Waals surface area contributed by atoms with Crippen LogP contribution in [-0.4, -0.2) is 32.2 Å². The normalized spacial score (nSPS) is 10.4. The Hall–Kier alpha value is -2.44. The van der Waals surface area contributed by atoms with Crippen LogP contribution in [0.2, 0.25) is 0 Å². The van der Waals surface area contributed by atoms with Crippen molar-refractivity contribution in [2.45, 2.75) is 26.3 Å². The highest BCUT2D eigenvalue weighted by molar-refractivity contribution is 5.75. The smallest absolute Gasteiger partial charge is 0.347 e. The minimum atomic E-state index is -0.420. The molecule has 0 aromatic carbocycles. The van der Waals surface area contributed by atoms with Gasteiger partial charge in [0.05, 0.1) is 6.20 Å². The average molecular weight is 275 g/mol. The Morgan fingerprint density at radius 2 is 2.35 bits per heavy atom. The summed E-state index contributed by atoms with van der Waals surface area (Å²) in [5.41, 5.74) is 1.79. The van der Waals surface area contributed by atoms with E-state index in [0.717, 1.165) is 24.1 Å². The van der Waals surface area contributed by atoms with Gasteiger partial charge in [-0.05, 0) is 31.4 Å². The molecule has 2 heterocycles.